The molecule has 1 saturated heterocycles. The smallest absolute Gasteiger partial charge is 0.229 e. The zero-order valence-corrected chi connectivity index (χ0v) is 16.3. The molecular formula is C19H25ClN4O3. The molecule has 3 rings (SSSR count). The van der Waals surface area contributed by atoms with Crippen molar-refractivity contribution in [3.05, 3.63) is 41.2 Å². The van der Waals surface area contributed by atoms with Gasteiger partial charge in [0.25, 0.3) is 0 Å². The molecule has 146 valence electrons. The van der Waals surface area contributed by atoms with Gasteiger partial charge in [-0.15, -0.1) is 0 Å². The molecule has 1 aromatic carbocycles. The van der Waals surface area contributed by atoms with Crippen LogP contribution >= 0.6 is 11.6 Å². The van der Waals surface area contributed by atoms with Gasteiger partial charge in [-0.25, -0.2) is 0 Å². The van der Waals surface area contributed by atoms with Crippen LogP contribution in [-0.4, -0.2) is 48.6 Å². The molecule has 2 heterocycles. The second-order valence-corrected chi connectivity index (χ2v) is 6.88. The van der Waals surface area contributed by atoms with Crippen molar-refractivity contribution in [3.63, 3.8) is 0 Å². The number of benzene rings is 1. The van der Waals surface area contributed by atoms with Gasteiger partial charge in [0.1, 0.15) is 6.61 Å². The van der Waals surface area contributed by atoms with Crippen molar-refractivity contribution in [1.29, 1.82) is 0 Å². The highest BCUT2D eigenvalue weighted by Crippen LogP contribution is 2.35. The first-order chi connectivity index (χ1) is 13.1. The Balaban J connectivity index is 1.70. The number of amides is 1. The molecule has 1 amide bonds. The summed E-state index contributed by atoms with van der Waals surface area (Å²) in [6.07, 6.45) is 3.78. The van der Waals surface area contributed by atoms with Crippen LogP contribution in [-0.2, 0) is 16.6 Å². The van der Waals surface area contributed by atoms with Crippen molar-refractivity contribution in [2.24, 2.45) is 13.0 Å². The third-order valence-corrected chi connectivity index (χ3v) is 4.90. The van der Waals surface area contributed by atoms with Gasteiger partial charge >= 0.3 is 0 Å². The second-order valence-electron chi connectivity index (χ2n) is 6.47. The summed E-state index contributed by atoms with van der Waals surface area (Å²) in [5.41, 5.74) is 1.63. The maximum absolute atomic E-state index is 12.9. The SMILES string of the molecule is CCOCCOc1c(Cl)cccc1NC(=O)[C@H]1CNC[C@@H]1c1cnn(C)c1. The summed E-state index contributed by atoms with van der Waals surface area (Å²) in [6, 6.07) is 5.32. The maximum Gasteiger partial charge on any atom is 0.229 e. The first-order valence-electron chi connectivity index (χ1n) is 9.09. The van der Waals surface area contributed by atoms with Crippen LogP contribution < -0.4 is 15.4 Å². The Bertz CT molecular complexity index is 780. The van der Waals surface area contributed by atoms with E-state index >= 15 is 0 Å². The Morgan fingerprint density at radius 2 is 2.26 bits per heavy atom. The van der Waals surface area contributed by atoms with Crippen LogP contribution in [0.4, 0.5) is 5.69 Å². The monoisotopic (exact) mass is 392 g/mol. The molecule has 0 bridgehead atoms. The summed E-state index contributed by atoms with van der Waals surface area (Å²) >= 11 is 6.27. The summed E-state index contributed by atoms with van der Waals surface area (Å²) < 4.78 is 12.8. The molecule has 0 radical (unpaired) electrons. The van der Waals surface area contributed by atoms with E-state index in [4.69, 9.17) is 21.1 Å². The van der Waals surface area contributed by atoms with Gasteiger partial charge in [0.2, 0.25) is 5.91 Å². The molecule has 2 atom stereocenters. The van der Waals surface area contributed by atoms with Crippen LogP contribution in [0.5, 0.6) is 5.75 Å². The van der Waals surface area contributed by atoms with Crippen LogP contribution in [0.15, 0.2) is 30.6 Å². The number of aryl methyl sites for hydroxylation is 1. The summed E-state index contributed by atoms with van der Waals surface area (Å²) in [5.74, 6) is 0.298. The summed E-state index contributed by atoms with van der Waals surface area (Å²) in [5, 5.41) is 11.0. The number of para-hydroxylation sites is 1. The zero-order valence-electron chi connectivity index (χ0n) is 15.6. The number of hydrogen-bond acceptors (Lipinski definition) is 5. The Kier molecular flexibility index (Phi) is 6.71. The molecule has 0 unspecified atom stereocenters. The quantitative estimate of drug-likeness (QED) is 0.675. The third-order valence-electron chi connectivity index (χ3n) is 4.61. The summed E-state index contributed by atoms with van der Waals surface area (Å²) in [4.78, 5) is 12.9. The van der Waals surface area contributed by atoms with E-state index in [1.807, 2.05) is 26.4 Å². The minimum Gasteiger partial charge on any atom is -0.487 e. The summed E-state index contributed by atoms with van der Waals surface area (Å²) in [7, 11) is 1.87. The molecule has 0 spiro atoms. The molecule has 27 heavy (non-hydrogen) atoms. The van der Waals surface area contributed by atoms with E-state index in [1.54, 1.807) is 22.9 Å². The largest absolute Gasteiger partial charge is 0.487 e. The molecule has 2 N–H and O–H groups in total. The Labute approximate surface area is 164 Å². The van der Waals surface area contributed by atoms with Gasteiger partial charge in [-0.05, 0) is 24.6 Å². The minimum absolute atomic E-state index is 0.0641. The number of anilines is 1. The molecule has 8 heteroatoms. The van der Waals surface area contributed by atoms with Crippen LogP contribution in [0.3, 0.4) is 0 Å². The fourth-order valence-electron chi connectivity index (χ4n) is 3.26. The Morgan fingerprint density at radius 3 is 3.00 bits per heavy atom. The van der Waals surface area contributed by atoms with Crippen molar-refractivity contribution in [3.8, 4) is 5.75 Å². The van der Waals surface area contributed by atoms with E-state index < -0.39 is 0 Å². The number of carbonyl (C=O) groups excluding carboxylic acids is 1. The molecule has 1 fully saturated rings. The van der Waals surface area contributed by atoms with E-state index in [1.165, 1.54) is 0 Å². The van der Waals surface area contributed by atoms with Gasteiger partial charge < -0.3 is 20.1 Å². The number of nitrogens with one attached hydrogen (secondary N) is 2. The maximum atomic E-state index is 12.9. The van der Waals surface area contributed by atoms with Crippen LogP contribution in [0.1, 0.15) is 18.4 Å². The molecule has 7 nitrogen and oxygen atoms in total. The van der Waals surface area contributed by atoms with Crippen molar-refractivity contribution < 1.29 is 14.3 Å². The van der Waals surface area contributed by atoms with E-state index in [-0.39, 0.29) is 17.7 Å². The zero-order chi connectivity index (χ0) is 19.2. The van der Waals surface area contributed by atoms with Crippen molar-refractivity contribution in [2.75, 3.05) is 38.2 Å². The number of ether oxygens (including phenoxy) is 2. The molecule has 1 aliphatic heterocycles. The van der Waals surface area contributed by atoms with Crippen molar-refractivity contribution >= 4 is 23.2 Å². The highest BCUT2D eigenvalue weighted by atomic mass is 35.5. The predicted octanol–water partition coefficient (Wildman–Crippen LogP) is 2.43. The van der Waals surface area contributed by atoms with E-state index in [0.29, 0.717) is 42.8 Å². The summed E-state index contributed by atoms with van der Waals surface area (Å²) in [6.45, 7) is 4.74. The number of carbonyl (C=O) groups is 1. The third kappa shape index (κ3) is 4.80. The number of aromatic nitrogens is 2. The van der Waals surface area contributed by atoms with Gasteiger partial charge in [-0.2, -0.15) is 5.10 Å². The molecule has 2 aromatic rings. The Hall–Kier alpha value is -2.09. The van der Waals surface area contributed by atoms with E-state index in [2.05, 4.69) is 15.7 Å². The number of halogens is 1. The minimum atomic E-state index is -0.190. The molecule has 1 aromatic heterocycles. The fourth-order valence-corrected chi connectivity index (χ4v) is 3.49. The second kappa shape index (κ2) is 9.21. The molecular weight excluding hydrogens is 368 g/mol. The van der Waals surface area contributed by atoms with Crippen LogP contribution in [0.2, 0.25) is 5.02 Å². The molecule has 0 saturated carbocycles. The van der Waals surface area contributed by atoms with Gasteiger partial charge in [-0.1, -0.05) is 17.7 Å². The van der Waals surface area contributed by atoms with Crippen molar-refractivity contribution in [1.82, 2.24) is 15.1 Å². The van der Waals surface area contributed by atoms with Gasteiger partial charge in [-0.3, -0.25) is 9.48 Å². The highest BCUT2D eigenvalue weighted by molar-refractivity contribution is 6.32. The number of hydrogen-bond donors (Lipinski definition) is 2. The number of nitrogens with zero attached hydrogens (tertiary/aromatic N) is 2. The normalized spacial score (nSPS) is 19.2. The van der Waals surface area contributed by atoms with E-state index in [9.17, 15) is 4.79 Å². The lowest BCUT2D eigenvalue weighted by Crippen LogP contribution is -2.28. The van der Waals surface area contributed by atoms with Crippen LogP contribution in [0, 0.1) is 5.92 Å². The fraction of sp³-hybridized carbons (Fsp3) is 0.474. The lowest BCUT2D eigenvalue weighted by Gasteiger charge is -2.19. The van der Waals surface area contributed by atoms with Crippen LogP contribution in [0.25, 0.3) is 0 Å². The standard InChI is InChI=1S/C19H25ClN4O3/c1-3-26-7-8-27-18-16(20)5-4-6-17(18)23-19(25)15-11-21-10-14(15)13-9-22-24(2)12-13/h4-6,9,12,14-15,21H,3,7-8,10-11H2,1-2H3,(H,23,25)/t14-,15+/m1/s1. The number of rotatable bonds is 8. The van der Waals surface area contributed by atoms with Gasteiger partial charge in [0, 0.05) is 38.9 Å². The van der Waals surface area contributed by atoms with E-state index in [0.717, 1.165) is 12.1 Å². The first-order valence-corrected chi connectivity index (χ1v) is 9.47. The lowest BCUT2D eigenvalue weighted by atomic mass is 9.90. The lowest BCUT2D eigenvalue weighted by molar-refractivity contribution is -0.119. The average molecular weight is 393 g/mol. The van der Waals surface area contributed by atoms with Crippen molar-refractivity contribution in [2.45, 2.75) is 12.8 Å². The topological polar surface area (TPSA) is 77.4 Å². The van der Waals surface area contributed by atoms with Gasteiger partial charge in [0.15, 0.2) is 5.75 Å². The molecule has 0 aliphatic carbocycles. The van der Waals surface area contributed by atoms with Gasteiger partial charge in [0.05, 0.1) is 29.4 Å². The molecule has 1 aliphatic rings. The first kappa shape index (κ1) is 19.7. The Morgan fingerprint density at radius 1 is 1.41 bits per heavy atom. The average Bonchev–Trinajstić information content (AvgIpc) is 3.29. The highest BCUT2D eigenvalue weighted by Gasteiger charge is 2.35. The predicted molar refractivity (Wildman–Crippen MR) is 104 cm³/mol.